The van der Waals surface area contributed by atoms with Gasteiger partial charge in [-0.3, -0.25) is 9.59 Å². The van der Waals surface area contributed by atoms with Crippen molar-refractivity contribution in [3.63, 3.8) is 0 Å². The van der Waals surface area contributed by atoms with Crippen LogP contribution in [-0.4, -0.2) is 24.7 Å². The van der Waals surface area contributed by atoms with Gasteiger partial charge in [-0.05, 0) is 35.0 Å². The van der Waals surface area contributed by atoms with Crippen molar-refractivity contribution in [3.8, 4) is 11.8 Å². The number of anilines is 1. The van der Waals surface area contributed by atoms with Gasteiger partial charge in [-0.25, -0.2) is 0 Å². The number of pyridine rings is 1. The summed E-state index contributed by atoms with van der Waals surface area (Å²) in [7, 11) is 3.02. The number of methoxy groups -OCH3 is 2. The van der Waals surface area contributed by atoms with E-state index in [4.69, 9.17) is 9.47 Å². The van der Waals surface area contributed by atoms with Gasteiger partial charge in [0.15, 0.2) is 0 Å². The maximum atomic E-state index is 12.6. The predicted molar refractivity (Wildman–Crippen MR) is 100 cm³/mol. The van der Waals surface area contributed by atoms with Crippen LogP contribution in [-0.2, 0) is 22.7 Å². The number of hydrogen-bond acceptors (Lipinski definition) is 5. The highest BCUT2D eigenvalue weighted by atomic mass is 79.9. The van der Waals surface area contributed by atoms with Gasteiger partial charge in [0.2, 0.25) is 5.91 Å². The van der Waals surface area contributed by atoms with Crippen LogP contribution in [0.5, 0.6) is 5.75 Å². The third-order valence-electron chi connectivity index (χ3n) is 3.80. The molecule has 0 aliphatic carbocycles. The molecule has 0 saturated heterocycles. The first-order valence-corrected chi connectivity index (χ1v) is 8.47. The largest absolute Gasteiger partial charge is 0.497 e. The van der Waals surface area contributed by atoms with Crippen molar-refractivity contribution in [2.24, 2.45) is 0 Å². The fourth-order valence-corrected chi connectivity index (χ4v) is 3.02. The monoisotopic (exact) mass is 419 g/mol. The lowest BCUT2D eigenvalue weighted by Crippen LogP contribution is -2.32. The van der Waals surface area contributed by atoms with E-state index < -0.39 is 11.5 Å². The first kappa shape index (κ1) is 19.7. The zero-order valence-corrected chi connectivity index (χ0v) is 16.2. The quantitative estimate of drug-likeness (QED) is 0.776. The highest BCUT2D eigenvalue weighted by Gasteiger charge is 2.19. The molecular weight excluding hydrogens is 402 g/mol. The number of aromatic nitrogens is 1. The van der Waals surface area contributed by atoms with Gasteiger partial charge in [0, 0.05) is 34.6 Å². The molecule has 0 bridgehead atoms. The van der Waals surface area contributed by atoms with Gasteiger partial charge in [-0.1, -0.05) is 6.07 Å². The van der Waals surface area contributed by atoms with Crippen molar-refractivity contribution >= 4 is 27.5 Å². The number of nitrogens with zero attached hydrogens (tertiary/aromatic N) is 2. The van der Waals surface area contributed by atoms with Crippen LogP contribution in [0.3, 0.4) is 0 Å². The van der Waals surface area contributed by atoms with E-state index in [1.165, 1.54) is 18.8 Å². The molecule has 0 unspecified atom stereocenters. The summed E-state index contributed by atoms with van der Waals surface area (Å²) in [6.07, 6.45) is 0. The highest BCUT2D eigenvalue weighted by molar-refractivity contribution is 9.10. The zero-order valence-electron chi connectivity index (χ0n) is 14.6. The Hall–Kier alpha value is -2.63. The smallest absolute Gasteiger partial charge is 0.269 e. The van der Waals surface area contributed by atoms with Gasteiger partial charge in [0.25, 0.3) is 5.56 Å². The van der Waals surface area contributed by atoms with Crippen molar-refractivity contribution < 1.29 is 14.3 Å². The number of benzene rings is 1. The first-order valence-electron chi connectivity index (χ1n) is 7.67. The van der Waals surface area contributed by atoms with Crippen LogP contribution in [0.2, 0.25) is 0 Å². The van der Waals surface area contributed by atoms with E-state index in [-0.39, 0.29) is 18.7 Å². The SMILES string of the molecule is COCc1c(Br)c(C)n(CC(=O)Nc2cccc(OC)c2)c(=O)c1C#N. The Bertz CT molecular complexity index is 931. The number of nitrogens with one attached hydrogen (secondary N) is 1. The number of amides is 1. The van der Waals surface area contributed by atoms with Crippen molar-refractivity contribution in [3.05, 3.63) is 55.9 Å². The van der Waals surface area contributed by atoms with Gasteiger partial charge in [0.1, 0.15) is 23.9 Å². The third-order valence-corrected chi connectivity index (χ3v) is 4.86. The van der Waals surface area contributed by atoms with E-state index in [0.717, 1.165) is 0 Å². The number of carbonyl (C=O) groups is 1. The minimum absolute atomic E-state index is 0.0431. The highest BCUT2D eigenvalue weighted by Crippen LogP contribution is 2.23. The van der Waals surface area contributed by atoms with Crippen molar-refractivity contribution in [1.29, 1.82) is 5.26 Å². The molecule has 1 heterocycles. The van der Waals surface area contributed by atoms with Gasteiger partial charge in [0.05, 0.1) is 13.7 Å². The fourth-order valence-electron chi connectivity index (χ4n) is 2.49. The van der Waals surface area contributed by atoms with Crippen LogP contribution in [0.1, 0.15) is 16.8 Å². The Labute approximate surface area is 159 Å². The molecular formula is C18H18BrN3O4. The van der Waals surface area contributed by atoms with Crippen LogP contribution in [0, 0.1) is 18.3 Å². The van der Waals surface area contributed by atoms with Crippen LogP contribution >= 0.6 is 15.9 Å². The van der Waals surface area contributed by atoms with Crippen LogP contribution in [0.4, 0.5) is 5.69 Å². The molecule has 0 atom stereocenters. The van der Waals surface area contributed by atoms with Crippen LogP contribution < -0.4 is 15.6 Å². The second kappa shape index (κ2) is 8.65. The van der Waals surface area contributed by atoms with E-state index in [9.17, 15) is 14.9 Å². The molecule has 2 rings (SSSR count). The van der Waals surface area contributed by atoms with E-state index in [1.807, 2.05) is 6.07 Å². The number of rotatable bonds is 6. The van der Waals surface area contributed by atoms with Crippen molar-refractivity contribution in [2.75, 3.05) is 19.5 Å². The summed E-state index contributed by atoms with van der Waals surface area (Å²) in [5.41, 5.74) is 0.999. The van der Waals surface area contributed by atoms with E-state index in [1.54, 1.807) is 31.2 Å². The molecule has 1 amide bonds. The molecule has 1 N–H and O–H groups in total. The summed E-state index contributed by atoms with van der Waals surface area (Å²) in [5.74, 6) is 0.216. The van der Waals surface area contributed by atoms with Crippen LogP contribution in [0.25, 0.3) is 0 Å². The molecule has 26 heavy (non-hydrogen) atoms. The maximum Gasteiger partial charge on any atom is 0.269 e. The number of hydrogen-bond donors (Lipinski definition) is 1. The number of nitriles is 1. The Morgan fingerprint density at radius 2 is 2.12 bits per heavy atom. The average molecular weight is 420 g/mol. The zero-order chi connectivity index (χ0) is 19.3. The lowest BCUT2D eigenvalue weighted by atomic mass is 10.1. The van der Waals surface area contributed by atoms with Crippen LogP contribution in [0.15, 0.2) is 33.5 Å². The second-order valence-electron chi connectivity index (χ2n) is 5.47. The average Bonchev–Trinajstić information content (AvgIpc) is 2.63. The lowest BCUT2D eigenvalue weighted by molar-refractivity contribution is -0.116. The molecule has 0 fully saturated rings. The first-order chi connectivity index (χ1) is 12.4. The molecule has 7 nitrogen and oxygen atoms in total. The van der Waals surface area contributed by atoms with Gasteiger partial charge in [-0.2, -0.15) is 5.26 Å². The Morgan fingerprint density at radius 1 is 1.38 bits per heavy atom. The Kier molecular flexibility index (Phi) is 6.55. The molecule has 0 spiro atoms. The standard InChI is InChI=1S/C18H18BrN3O4/c1-11-17(19)15(10-25-2)14(8-20)18(24)22(11)9-16(23)21-12-5-4-6-13(7-12)26-3/h4-7H,9-10H2,1-3H3,(H,21,23). The summed E-state index contributed by atoms with van der Waals surface area (Å²) >= 11 is 3.39. The summed E-state index contributed by atoms with van der Waals surface area (Å²) in [6.45, 7) is 1.60. The molecule has 136 valence electrons. The van der Waals surface area contributed by atoms with E-state index >= 15 is 0 Å². The normalized spacial score (nSPS) is 10.3. The molecule has 0 aliphatic rings. The summed E-state index contributed by atoms with van der Waals surface area (Å²) in [4.78, 5) is 25.0. The summed E-state index contributed by atoms with van der Waals surface area (Å²) in [6, 6.07) is 8.80. The minimum Gasteiger partial charge on any atom is -0.497 e. The predicted octanol–water partition coefficient (Wildman–Crippen LogP) is 2.58. The van der Waals surface area contributed by atoms with Gasteiger partial charge >= 0.3 is 0 Å². The number of carbonyl (C=O) groups excluding carboxylic acids is 1. The molecule has 0 aliphatic heterocycles. The maximum absolute atomic E-state index is 12.6. The van der Waals surface area contributed by atoms with Gasteiger partial charge in [-0.15, -0.1) is 0 Å². The lowest BCUT2D eigenvalue weighted by Gasteiger charge is -2.16. The molecule has 1 aromatic heterocycles. The molecule has 1 aromatic carbocycles. The molecule has 8 heteroatoms. The Morgan fingerprint density at radius 3 is 2.73 bits per heavy atom. The van der Waals surface area contributed by atoms with E-state index in [2.05, 4.69) is 21.2 Å². The number of halogens is 1. The second-order valence-corrected chi connectivity index (χ2v) is 6.26. The molecule has 2 aromatic rings. The molecule has 0 saturated carbocycles. The fraction of sp³-hybridized carbons (Fsp3) is 0.278. The minimum atomic E-state index is -0.527. The van der Waals surface area contributed by atoms with Crippen molar-refractivity contribution in [2.45, 2.75) is 20.1 Å². The number of ether oxygens (including phenoxy) is 2. The van der Waals surface area contributed by atoms with E-state index in [0.29, 0.717) is 27.2 Å². The Balaban J connectivity index is 2.34. The summed E-state index contributed by atoms with van der Waals surface area (Å²) < 4.78 is 12.0. The van der Waals surface area contributed by atoms with Crippen molar-refractivity contribution in [1.82, 2.24) is 4.57 Å². The summed E-state index contributed by atoms with van der Waals surface area (Å²) in [5, 5.41) is 12.1. The third kappa shape index (κ3) is 4.12. The van der Waals surface area contributed by atoms with Gasteiger partial charge < -0.3 is 19.4 Å². The molecule has 0 radical (unpaired) electrons. The topological polar surface area (TPSA) is 93.3 Å².